The van der Waals surface area contributed by atoms with Crippen molar-refractivity contribution >= 4 is 30.7 Å². The van der Waals surface area contributed by atoms with Gasteiger partial charge in [-0.1, -0.05) is 0 Å². The number of aromatic nitrogens is 1. The summed E-state index contributed by atoms with van der Waals surface area (Å²) in [6.45, 7) is 4.26. The Labute approximate surface area is 131 Å². The molecule has 0 aromatic carbocycles. The number of ether oxygens (including phenoxy) is 1. The number of halogens is 2. The van der Waals surface area contributed by atoms with E-state index in [2.05, 4.69) is 15.6 Å². The molecule has 7 heteroatoms. The van der Waals surface area contributed by atoms with Crippen molar-refractivity contribution in [2.24, 2.45) is 0 Å². The largest absolute Gasteiger partial charge is 0.491 e. The van der Waals surface area contributed by atoms with Gasteiger partial charge in [0.1, 0.15) is 0 Å². The molecule has 2 N–H and O–H groups in total. The Morgan fingerprint density at radius 3 is 3.00 bits per heavy atom. The molecule has 0 aliphatic carbocycles. The lowest BCUT2D eigenvalue weighted by molar-refractivity contribution is 0.0921. The van der Waals surface area contributed by atoms with Gasteiger partial charge in [0, 0.05) is 18.8 Å². The van der Waals surface area contributed by atoms with E-state index in [-0.39, 0.29) is 36.8 Å². The van der Waals surface area contributed by atoms with Crippen LogP contribution in [0.1, 0.15) is 30.3 Å². The van der Waals surface area contributed by atoms with Crippen LogP contribution in [0.5, 0.6) is 5.75 Å². The van der Waals surface area contributed by atoms with E-state index in [9.17, 15) is 4.79 Å². The van der Waals surface area contributed by atoms with Gasteiger partial charge in [0.15, 0.2) is 11.4 Å². The molecular formula is C13H21Cl2N3O2. The zero-order valence-corrected chi connectivity index (χ0v) is 13.1. The highest BCUT2D eigenvalue weighted by molar-refractivity contribution is 5.95. The molecule has 0 saturated carbocycles. The normalized spacial score (nSPS) is 17.4. The molecule has 0 bridgehead atoms. The Bertz CT molecular complexity index is 412. The molecule has 2 rings (SSSR count). The molecule has 1 saturated heterocycles. The summed E-state index contributed by atoms with van der Waals surface area (Å²) < 4.78 is 5.41. The number of carbonyl (C=O) groups excluding carboxylic acids is 1. The second-order valence-corrected chi connectivity index (χ2v) is 4.30. The Balaban J connectivity index is 0.00000180. The van der Waals surface area contributed by atoms with E-state index >= 15 is 0 Å². The second kappa shape index (κ2) is 9.80. The van der Waals surface area contributed by atoms with Crippen LogP contribution < -0.4 is 15.4 Å². The van der Waals surface area contributed by atoms with Crippen LogP contribution in [0.2, 0.25) is 0 Å². The van der Waals surface area contributed by atoms with E-state index < -0.39 is 0 Å². The van der Waals surface area contributed by atoms with Crippen molar-refractivity contribution in [2.75, 3.05) is 19.7 Å². The molecule has 20 heavy (non-hydrogen) atoms. The van der Waals surface area contributed by atoms with Gasteiger partial charge in [0.05, 0.1) is 6.61 Å². The van der Waals surface area contributed by atoms with Crippen LogP contribution in [0, 0.1) is 0 Å². The standard InChI is InChI=1S/C13H19N3O2.2ClH/c1-2-18-11-6-4-8-15-12(11)13(17)16-10-5-3-7-14-9-10;;/h4,6,8,10,14H,2-3,5,7,9H2,1H3,(H,16,17);2*1H/t10-;;/m0../s1. The summed E-state index contributed by atoms with van der Waals surface area (Å²) in [6, 6.07) is 3.72. The Kier molecular flexibility index (Phi) is 9.29. The van der Waals surface area contributed by atoms with Crippen LogP contribution in [0.15, 0.2) is 18.3 Å². The Hall–Kier alpha value is -1.04. The van der Waals surface area contributed by atoms with E-state index in [1.807, 2.05) is 6.92 Å². The van der Waals surface area contributed by atoms with Crippen LogP contribution in [0.25, 0.3) is 0 Å². The van der Waals surface area contributed by atoms with Crippen molar-refractivity contribution in [3.05, 3.63) is 24.0 Å². The van der Waals surface area contributed by atoms with E-state index in [4.69, 9.17) is 4.74 Å². The summed E-state index contributed by atoms with van der Waals surface area (Å²) >= 11 is 0. The topological polar surface area (TPSA) is 63.2 Å². The molecule has 0 spiro atoms. The third-order valence-electron chi connectivity index (χ3n) is 2.92. The number of amides is 1. The first-order valence-corrected chi connectivity index (χ1v) is 6.40. The highest BCUT2D eigenvalue weighted by Gasteiger charge is 2.19. The van der Waals surface area contributed by atoms with Gasteiger partial charge < -0.3 is 15.4 Å². The molecule has 1 aliphatic heterocycles. The van der Waals surface area contributed by atoms with E-state index in [0.29, 0.717) is 18.1 Å². The number of rotatable bonds is 4. The van der Waals surface area contributed by atoms with Crippen molar-refractivity contribution in [1.82, 2.24) is 15.6 Å². The van der Waals surface area contributed by atoms with Crippen LogP contribution in [0.4, 0.5) is 0 Å². The van der Waals surface area contributed by atoms with Crippen molar-refractivity contribution in [3.8, 4) is 5.75 Å². The zero-order chi connectivity index (χ0) is 12.8. The fourth-order valence-corrected chi connectivity index (χ4v) is 2.06. The van der Waals surface area contributed by atoms with Crippen molar-refractivity contribution in [2.45, 2.75) is 25.8 Å². The minimum absolute atomic E-state index is 0. The zero-order valence-electron chi connectivity index (χ0n) is 11.4. The number of hydrogen-bond donors (Lipinski definition) is 2. The fourth-order valence-electron chi connectivity index (χ4n) is 2.06. The van der Waals surface area contributed by atoms with Crippen LogP contribution in [0.3, 0.4) is 0 Å². The number of piperidine rings is 1. The number of hydrogen-bond acceptors (Lipinski definition) is 4. The molecule has 1 aromatic rings. The first kappa shape index (κ1) is 19.0. The molecule has 5 nitrogen and oxygen atoms in total. The highest BCUT2D eigenvalue weighted by atomic mass is 35.5. The van der Waals surface area contributed by atoms with Gasteiger partial charge in [-0.15, -0.1) is 24.8 Å². The van der Waals surface area contributed by atoms with Crippen molar-refractivity contribution in [1.29, 1.82) is 0 Å². The highest BCUT2D eigenvalue weighted by Crippen LogP contribution is 2.15. The summed E-state index contributed by atoms with van der Waals surface area (Å²) in [6.07, 6.45) is 3.71. The lowest BCUT2D eigenvalue weighted by Crippen LogP contribution is -2.45. The summed E-state index contributed by atoms with van der Waals surface area (Å²) in [5, 5.41) is 6.26. The molecule has 114 valence electrons. The number of nitrogens with one attached hydrogen (secondary N) is 2. The molecule has 1 fully saturated rings. The predicted octanol–water partition coefficient (Wildman–Crippen LogP) is 1.81. The van der Waals surface area contributed by atoms with Gasteiger partial charge in [0.25, 0.3) is 5.91 Å². The Morgan fingerprint density at radius 2 is 2.35 bits per heavy atom. The number of nitrogens with zero attached hydrogens (tertiary/aromatic N) is 1. The average molecular weight is 322 g/mol. The minimum atomic E-state index is -0.159. The van der Waals surface area contributed by atoms with Gasteiger partial charge in [-0.2, -0.15) is 0 Å². The van der Waals surface area contributed by atoms with Gasteiger partial charge in [-0.3, -0.25) is 4.79 Å². The van der Waals surface area contributed by atoms with E-state index in [1.165, 1.54) is 0 Å². The summed E-state index contributed by atoms with van der Waals surface area (Å²) in [5.41, 5.74) is 0.366. The molecule has 2 heterocycles. The predicted molar refractivity (Wildman–Crippen MR) is 83.3 cm³/mol. The van der Waals surface area contributed by atoms with Gasteiger partial charge in [0.2, 0.25) is 0 Å². The van der Waals surface area contributed by atoms with Crippen LogP contribution >= 0.6 is 24.8 Å². The van der Waals surface area contributed by atoms with Crippen molar-refractivity contribution in [3.63, 3.8) is 0 Å². The minimum Gasteiger partial charge on any atom is -0.491 e. The Morgan fingerprint density at radius 1 is 1.55 bits per heavy atom. The molecule has 0 unspecified atom stereocenters. The van der Waals surface area contributed by atoms with Gasteiger partial charge in [-0.05, 0) is 38.4 Å². The van der Waals surface area contributed by atoms with Crippen LogP contribution in [-0.4, -0.2) is 36.6 Å². The quantitative estimate of drug-likeness (QED) is 0.887. The molecule has 1 aromatic heterocycles. The molecule has 1 aliphatic rings. The SMILES string of the molecule is CCOc1cccnc1C(=O)N[C@H]1CCCNC1.Cl.Cl. The average Bonchev–Trinajstić information content (AvgIpc) is 2.41. The number of pyridine rings is 1. The molecule has 0 radical (unpaired) electrons. The summed E-state index contributed by atoms with van der Waals surface area (Å²) in [4.78, 5) is 16.2. The maximum Gasteiger partial charge on any atom is 0.274 e. The van der Waals surface area contributed by atoms with E-state index in [0.717, 1.165) is 25.9 Å². The van der Waals surface area contributed by atoms with E-state index in [1.54, 1.807) is 18.3 Å². The van der Waals surface area contributed by atoms with Gasteiger partial charge >= 0.3 is 0 Å². The maximum atomic E-state index is 12.1. The molecule has 1 atom stereocenters. The third-order valence-corrected chi connectivity index (χ3v) is 2.92. The second-order valence-electron chi connectivity index (χ2n) is 4.30. The van der Waals surface area contributed by atoms with Crippen molar-refractivity contribution < 1.29 is 9.53 Å². The third kappa shape index (κ3) is 5.15. The maximum absolute atomic E-state index is 12.1. The first-order chi connectivity index (χ1) is 8.81. The molecule has 1 amide bonds. The first-order valence-electron chi connectivity index (χ1n) is 6.40. The smallest absolute Gasteiger partial charge is 0.274 e. The summed E-state index contributed by atoms with van der Waals surface area (Å²) in [7, 11) is 0. The monoisotopic (exact) mass is 321 g/mol. The molecular weight excluding hydrogens is 301 g/mol. The van der Waals surface area contributed by atoms with Crippen LogP contribution in [-0.2, 0) is 0 Å². The fraction of sp³-hybridized carbons (Fsp3) is 0.538. The lowest BCUT2D eigenvalue weighted by atomic mass is 10.1. The van der Waals surface area contributed by atoms with Gasteiger partial charge in [-0.25, -0.2) is 4.98 Å². The lowest BCUT2D eigenvalue weighted by Gasteiger charge is -2.23. The number of carbonyl (C=O) groups is 1. The summed E-state index contributed by atoms with van der Waals surface area (Å²) in [5.74, 6) is 0.383.